The lowest BCUT2D eigenvalue weighted by atomic mass is 9.93. The molecule has 1 aliphatic rings. The molecule has 106 valence electrons. The molecule has 20 heavy (non-hydrogen) atoms. The maximum Gasteiger partial charge on any atom is 0.226 e. The van der Waals surface area contributed by atoms with Crippen LogP contribution < -0.4 is 5.32 Å². The molecule has 0 spiro atoms. The number of nitrogens with one attached hydrogen (secondary N) is 1. The Morgan fingerprint density at radius 1 is 1.30 bits per heavy atom. The lowest BCUT2D eigenvalue weighted by molar-refractivity contribution is 0.323. The van der Waals surface area contributed by atoms with Crippen LogP contribution in [0.4, 0.5) is 0 Å². The molecule has 0 unspecified atom stereocenters. The number of pyridine rings is 1. The summed E-state index contributed by atoms with van der Waals surface area (Å²) in [7, 11) is 0. The Bertz CT molecular complexity index is 520. The minimum absolute atomic E-state index is 0.685. The summed E-state index contributed by atoms with van der Waals surface area (Å²) in [6.07, 6.45) is 8.86. The molecule has 1 saturated heterocycles. The quantitative estimate of drug-likeness (QED) is 0.901. The van der Waals surface area contributed by atoms with E-state index in [1.807, 2.05) is 18.3 Å². The number of aromatic nitrogens is 3. The van der Waals surface area contributed by atoms with Crippen molar-refractivity contribution in [2.75, 3.05) is 13.1 Å². The fraction of sp³-hybridized carbons (Fsp3) is 0.533. The minimum Gasteiger partial charge on any atom is -0.339 e. The zero-order valence-electron chi connectivity index (χ0n) is 11.6. The van der Waals surface area contributed by atoms with Gasteiger partial charge in [-0.05, 0) is 49.9 Å². The number of hydrogen-bond acceptors (Lipinski definition) is 5. The Balaban J connectivity index is 1.51. The summed E-state index contributed by atoms with van der Waals surface area (Å²) in [5, 5.41) is 7.44. The van der Waals surface area contributed by atoms with Crippen molar-refractivity contribution < 1.29 is 4.52 Å². The van der Waals surface area contributed by atoms with Gasteiger partial charge in [0.25, 0.3) is 0 Å². The number of nitrogens with zero attached hydrogens (tertiary/aromatic N) is 3. The van der Waals surface area contributed by atoms with Gasteiger partial charge in [0.15, 0.2) is 5.82 Å². The van der Waals surface area contributed by atoms with Crippen molar-refractivity contribution in [1.82, 2.24) is 20.4 Å². The fourth-order valence-corrected chi connectivity index (χ4v) is 2.65. The maximum atomic E-state index is 5.33. The smallest absolute Gasteiger partial charge is 0.226 e. The summed E-state index contributed by atoms with van der Waals surface area (Å²) in [5.41, 5.74) is 1.11. The molecule has 2 aromatic heterocycles. The van der Waals surface area contributed by atoms with E-state index in [9.17, 15) is 0 Å². The molecule has 0 aromatic carbocycles. The molecule has 1 N–H and O–H groups in total. The van der Waals surface area contributed by atoms with E-state index in [-0.39, 0.29) is 0 Å². The molecule has 0 bridgehead atoms. The Kier molecular flexibility index (Phi) is 4.38. The van der Waals surface area contributed by atoms with E-state index in [1.165, 1.54) is 12.8 Å². The van der Waals surface area contributed by atoms with Crippen molar-refractivity contribution >= 4 is 0 Å². The van der Waals surface area contributed by atoms with Crippen molar-refractivity contribution in [2.24, 2.45) is 5.92 Å². The molecule has 1 aliphatic heterocycles. The second kappa shape index (κ2) is 6.61. The number of piperidine rings is 1. The van der Waals surface area contributed by atoms with E-state index in [4.69, 9.17) is 4.52 Å². The van der Waals surface area contributed by atoms with E-state index in [0.29, 0.717) is 6.42 Å². The molecule has 0 aliphatic carbocycles. The molecule has 5 nitrogen and oxygen atoms in total. The van der Waals surface area contributed by atoms with Gasteiger partial charge < -0.3 is 9.84 Å². The molecule has 1 fully saturated rings. The van der Waals surface area contributed by atoms with Crippen LogP contribution in [0.3, 0.4) is 0 Å². The third-order valence-electron chi connectivity index (χ3n) is 3.82. The van der Waals surface area contributed by atoms with Crippen LogP contribution in [0.25, 0.3) is 0 Å². The van der Waals surface area contributed by atoms with Crippen molar-refractivity contribution in [2.45, 2.75) is 32.1 Å². The van der Waals surface area contributed by atoms with Gasteiger partial charge in [-0.3, -0.25) is 4.98 Å². The molecule has 0 saturated carbocycles. The lowest BCUT2D eigenvalue weighted by Gasteiger charge is -2.21. The standard InChI is InChI=1S/C15H20N4O/c1-2-13(11-17-7-1)10-14-18-15(20-19-14)4-3-12-5-8-16-9-6-12/h1-2,7,11-12,16H,3-6,8-10H2. The molecule has 5 heteroatoms. The Morgan fingerprint density at radius 2 is 2.20 bits per heavy atom. The van der Waals surface area contributed by atoms with Crippen molar-refractivity contribution in [1.29, 1.82) is 0 Å². The van der Waals surface area contributed by atoms with Gasteiger partial charge in [0.05, 0.1) is 0 Å². The molecule has 2 aromatic rings. The van der Waals surface area contributed by atoms with Crippen LogP contribution in [-0.2, 0) is 12.8 Å². The van der Waals surface area contributed by atoms with Gasteiger partial charge in [-0.2, -0.15) is 4.98 Å². The normalized spacial score (nSPS) is 16.4. The van der Waals surface area contributed by atoms with Crippen LogP contribution in [0, 0.1) is 5.92 Å². The first kappa shape index (κ1) is 13.2. The number of rotatable bonds is 5. The number of aryl methyl sites for hydroxylation is 1. The van der Waals surface area contributed by atoms with Crippen LogP contribution in [0.1, 0.15) is 36.5 Å². The van der Waals surface area contributed by atoms with Gasteiger partial charge in [-0.15, -0.1) is 0 Å². The fourth-order valence-electron chi connectivity index (χ4n) is 2.65. The Labute approximate surface area is 118 Å². The highest BCUT2D eigenvalue weighted by atomic mass is 16.5. The molecule has 3 heterocycles. The van der Waals surface area contributed by atoms with Crippen molar-refractivity contribution in [3.05, 3.63) is 41.8 Å². The average molecular weight is 272 g/mol. The lowest BCUT2D eigenvalue weighted by Crippen LogP contribution is -2.27. The zero-order valence-corrected chi connectivity index (χ0v) is 11.6. The highest BCUT2D eigenvalue weighted by Gasteiger charge is 2.15. The van der Waals surface area contributed by atoms with Crippen molar-refractivity contribution in [3.8, 4) is 0 Å². The summed E-state index contributed by atoms with van der Waals surface area (Å²) >= 11 is 0. The van der Waals surface area contributed by atoms with Gasteiger partial charge in [0.1, 0.15) is 0 Å². The first-order valence-corrected chi connectivity index (χ1v) is 7.31. The first-order chi connectivity index (χ1) is 9.90. The van der Waals surface area contributed by atoms with E-state index in [0.717, 1.165) is 49.1 Å². The van der Waals surface area contributed by atoms with Gasteiger partial charge in [0, 0.05) is 25.2 Å². The van der Waals surface area contributed by atoms with Crippen molar-refractivity contribution in [3.63, 3.8) is 0 Å². The molecular weight excluding hydrogens is 252 g/mol. The maximum absolute atomic E-state index is 5.33. The summed E-state index contributed by atoms with van der Waals surface area (Å²) in [6.45, 7) is 2.28. The Hall–Kier alpha value is -1.75. The second-order valence-corrected chi connectivity index (χ2v) is 5.37. The van der Waals surface area contributed by atoms with Crippen LogP contribution in [0.2, 0.25) is 0 Å². The highest BCUT2D eigenvalue weighted by Crippen LogP contribution is 2.18. The van der Waals surface area contributed by atoms with Crippen LogP contribution in [-0.4, -0.2) is 28.2 Å². The summed E-state index contributed by atoms with van der Waals surface area (Å²) in [4.78, 5) is 8.56. The SMILES string of the molecule is c1cncc(Cc2noc(CCC3CCNCC3)n2)c1. The third kappa shape index (κ3) is 3.63. The predicted molar refractivity (Wildman–Crippen MR) is 75.3 cm³/mol. The minimum atomic E-state index is 0.685. The third-order valence-corrected chi connectivity index (χ3v) is 3.82. The average Bonchev–Trinajstić information content (AvgIpc) is 2.95. The zero-order chi connectivity index (χ0) is 13.6. The topological polar surface area (TPSA) is 63.8 Å². The highest BCUT2D eigenvalue weighted by molar-refractivity contribution is 5.13. The van der Waals surface area contributed by atoms with Crippen LogP contribution >= 0.6 is 0 Å². The summed E-state index contributed by atoms with van der Waals surface area (Å²) in [5.74, 6) is 2.31. The van der Waals surface area contributed by atoms with E-state index in [1.54, 1.807) is 6.20 Å². The second-order valence-electron chi connectivity index (χ2n) is 5.37. The van der Waals surface area contributed by atoms with Gasteiger partial charge in [0.2, 0.25) is 5.89 Å². The van der Waals surface area contributed by atoms with E-state index in [2.05, 4.69) is 20.4 Å². The summed E-state index contributed by atoms with van der Waals surface area (Å²) in [6, 6.07) is 3.95. The largest absolute Gasteiger partial charge is 0.339 e. The van der Waals surface area contributed by atoms with E-state index < -0.39 is 0 Å². The molecule has 0 radical (unpaired) electrons. The van der Waals surface area contributed by atoms with Crippen LogP contribution in [0.5, 0.6) is 0 Å². The number of hydrogen-bond donors (Lipinski definition) is 1. The Morgan fingerprint density at radius 3 is 3.00 bits per heavy atom. The van der Waals surface area contributed by atoms with Gasteiger partial charge in [-0.25, -0.2) is 0 Å². The van der Waals surface area contributed by atoms with Crippen LogP contribution in [0.15, 0.2) is 29.0 Å². The van der Waals surface area contributed by atoms with E-state index >= 15 is 0 Å². The molecule has 0 amide bonds. The van der Waals surface area contributed by atoms with Gasteiger partial charge in [-0.1, -0.05) is 11.2 Å². The summed E-state index contributed by atoms with van der Waals surface area (Å²) < 4.78 is 5.33. The molecule has 3 rings (SSSR count). The molecule has 0 atom stereocenters. The molecular formula is C15H20N4O. The van der Waals surface area contributed by atoms with Gasteiger partial charge >= 0.3 is 0 Å². The monoisotopic (exact) mass is 272 g/mol. The predicted octanol–water partition coefficient (Wildman–Crippen LogP) is 1.99. The first-order valence-electron chi connectivity index (χ1n) is 7.31.